The Kier molecular flexibility index (Phi) is 5.04. The highest BCUT2D eigenvalue weighted by atomic mass is 35.5. The minimum atomic E-state index is -0.760. The van der Waals surface area contributed by atoms with Crippen molar-refractivity contribution in [3.05, 3.63) is 53.1 Å². The molecule has 1 heterocycles. The van der Waals surface area contributed by atoms with E-state index in [1.54, 1.807) is 6.20 Å². The van der Waals surface area contributed by atoms with Gasteiger partial charge in [-0.05, 0) is 19.4 Å². The second kappa shape index (κ2) is 6.60. The number of nitrogens with zero attached hydrogens (tertiary/aromatic N) is 3. The second-order valence-electron chi connectivity index (χ2n) is 6.00. The summed E-state index contributed by atoms with van der Waals surface area (Å²) in [6, 6.07) is 10.2. The number of imidazole rings is 1. The van der Waals surface area contributed by atoms with Crippen molar-refractivity contribution < 1.29 is 5.11 Å². The number of aliphatic hydroxyl groups is 1. The third-order valence-corrected chi connectivity index (χ3v) is 3.60. The number of rotatable bonds is 6. The van der Waals surface area contributed by atoms with Crippen molar-refractivity contribution in [3.8, 4) is 0 Å². The van der Waals surface area contributed by atoms with Gasteiger partial charge in [0.05, 0.1) is 18.3 Å². The molecule has 114 valence electrons. The van der Waals surface area contributed by atoms with E-state index >= 15 is 0 Å². The summed E-state index contributed by atoms with van der Waals surface area (Å²) in [4.78, 5) is 6.51. The Balaban J connectivity index is 2.14. The van der Waals surface area contributed by atoms with Gasteiger partial charge in [-0.25, -0.2) is 4.98 Å². The molecule has 2 aromatic rings. The lowest BCUT2D eigenvalue weighted by molar-refractivity contribution is 0.0296. The Labute approximate surface area is 131 Å². The Morgan fingerprint density at radius 1 is 1.24 bits per heavy atom. The average molecular weight is 308 g/mol. The molecule has 0 aliphatic heterocycles. The van der Waals surface area contributed by atoms with Crippen LogP contribution in [-0.4, -0.2) is 31.7 Å². The van der Waals surface area contributed by atoms with E-state index in [2.05, 4.69) is 22.0 Å². The lowest BCUT2D eigenvalue weighted by Gasteiger charge is -2.28. The number of hydrogen-bond acceptors (Lipinski definition) is 3. The molecule has 0 amide bonds. The van der Waals surface area contributed by atoms with Crippen LogP contribution in [0.15, 0.2) is 36.5 Å². The van der Waals surface area contributed by atoms with Gasteiger partial charge in [0.2, 0.25) is 0 Å². The number of aromatic nitrogens is 2. The Hall–Kier alpha value is -1.36. The van der Waals surface area contributed by atoms with Gasteiger partial charge in [-0.1, -0.05) is 41.9 Å². The minimum Gasteiger partial charge on any atom is -0.389 e. The summed E-state index contributed by atoms with van der Waals surface area (Å²) in [6.45, 7) is 5.59. The maximum absolute atomic E-state index is 10.1. The summed E-state index contributed by atoms with van der Waals surface area (Å²) in [5.74, 6) is 0.889. The van der Waals surface area contributed by atoms with Gasteiger partial charge in [-0.15, -0.1) is 0 Å². The van der Waals surface area contributed by atoms with Crippen LogP contribution >= 0.6 is 11.6 Å². The molecule has 1 N–H and O–H groups in total. The molecule has 4 nitrogen and oxygen atoms in total. The Morgan fingerprint density at radius 3 is 2.43 bits per heavy atom. The molecule has 1 aromatic heterocycles. The minimum absolute atomic E-state index is 0.562. The largest absolute Gasteiger partial charge is 0.389 e. The van der Waals surface area contributed by atoms with Crippen LogP contribution in [0, 0.1) is 0 Å². The van der Waals surface area contributed by atoms with Crippen molar-refractivity contribution in [2.45, 2.75) is 32.5 Å². The van der Waals surface area contributed by atoms with E-state index < -0.39 is 5.60 Å². The third-order valence-electron chi connectivity index (χ3n) is 3.25. The average Bonchev–Trinajstić information content (AvgIpc) is 2.70. The molecular formula is C16H22ClN3O. The van der Waals surface area contributed by atoms with Crippen LogP contribution in [-0.2, 0) is 20.1 Å². The van der Waals surface area contributed by atoms with Crippen LogP contribution in [0.2, 0.25) is 5.15 Å². The van der Waals surface area contributed by atoms with Crippen molar-refractivity contribution >= 4 is 11.6 Å². The lowest BCUT2D eigenvalue weighted by atomic mass is 10.1. The highest BCUT2D eigenvalue weighted by Crippen LogP contribution is 2.16. The molecule has 0 bridgehead atoms. The monoisotopic (exact) mass is 307 g/mol. The van der Waals surface area contributed by atoms with E-state index in [1.165, 1.54) is 5.56 Å². The van der Waals surface area contributed by atoms with Crippen LogP contribution in [0.25, 0.3) is 0 Å². The van der Waals surface area contributed by atoms with Gasteiger partial charge in [0.1, 0.15) is 11.0 Å². The summed E-state index contributed by atoms with van der Waals surface area (Å²) in [6.07, 6.45) is 1.65. The van der Waals surface area contributed by atoms with E-state index in [4.69, 9.17) is 11.6 Å². The SMILES string of the molecule is Cn1c(Cl)cnc1CN(Cc1ccccc1)CC(C)(C)O. The van der Waals surface area contributed by atoms with Crippen LogP contribution in [0.5, 0.6) is 0 Å². The van der Waals surface area contributed by atoms with Crippen LogP contribution in [0.4, 0.5) is 0 Å². The molecule has 0 atom stereocenters. The molecule has 0 fully saturated rings. The molecule has 0 radical (unpaired) electrons. The zero-order valence-electron chi connectivity index (χ0n) is 12.8. The predicted molar refractivity (Wildman–Crippen MR) is 85.1 cm³/mol. The summed E-state index contributed by atoms with van der Waals surface area (Å²) in [5.41, 5.74) is 0.450. The topological polar surface area (TPSA) is 41.3 Å². The first-order valence-corrected chi connectivity index (χ1v) is 7.38. The van der Waals surface area contributed by atoms with Crippen molar-refractivity contribution in [3.63, 3.8) is 0 Å². The first-order valence-electron chi connectivity index (χ1n) is 7.00. The second-order valence-corrected chi connectivity index (χ2v) is 6.39. The zero-order chi connectivity index (χ0) is 15.5. The molecule has 0 aliphatic carbocycles. The molecule has 5 heteroatoms. The predicted octanol–water partition coefficient (Wildman–Crippen LogP) is 2.85. The smallest absolute Gasteiger partial charge is 0.128 e. The van der Waals surface area contributed by atoms with Gasteiger partial charge in [-0.2, -0.15) is 0 Å². The van der Waals surface area contributed by atoms with Gasteiger partial charge < -0.3 is 9.67 Å². The molecule has 0 spiro atoms. The maximum atomic E-state index is 10.1. The molecule has 0 unspecified atom stereocenters. The Bertz CT molecular complexity index is 575. The first kappa shape index (κ1) is 16.0. The number of halogens is 1. The number of benzene rings is 1. The van der Waals surface area contributed by atoms with Crippen LogP contribution in [0.3, 0.4) is 0 Å². The molecule has 0 aliphatic rings. The van der Waals surface area contributed by atoms with Gasteiger partial charge in [0.15, 0.2) is 0 Å². The fourth-order valence-corrected chi connectivity index (χ4v) is 2.47. The highest BCUT2D eigenvalue weighted by Gasteiger charge is 2.20. The van der Waals surface area contributed by atoms with Crippen molar-refractivity contribution in [1.82, 2.24) is 14.5 Å². The van der Waals surface area contributed by atoms with Crippen molar-refractivity contribution in [2.75, 3.05) is 6.54 Å². The van der Waals surface area contributed by atoms with Crippen molar-refractivity contribution in [2.24, 2.45) is 7.05 Å². The van der Waals surface area contributed by atoms with E-state index in [9.17, 15) is 5.11 Å². The quantitative estimate of drug-likeness (QED) is 0.892. The molecular weight excluding hydrogens is 286 g/mol. The van der Waals surface area contributed by atoms with Gasteiger partial charge in [-0.3, -0.25) is 4.90 Å². The van der Waals surface area contributed by atoms with E-state index in [0.717, 1.165) is 12.4 Å². The maximum Gasteiger partial charge on any atom is 0.128 e. The summed E-state index contributed by atoms with van der Waals surface area (Å²) < 4.78 is 1.87. The van der Waals surface area contributed by atoms with Crippen LogP contribution in [0.1, 0.15) is 25.2 Å². The molecule has 0 saturated heterocycles. The zero-order valence-corrected chi connectivity index (χ0v) is 13.5. The lowest BCUT2D eigenvalue weighted by Crippen LogP contribution is -2.38. The summed E-state index contributed by atoms with van der Waals surface area (Å²) >= 11 is 6.04. The standard InChI is InChI=1S/C16H22ClN3O/c1-16(2,21)12-20(10-13-7-5-4-6-8-13)11-15-18-9-14(17)19(15)3/h4-9,21H,10-12H2,1-3H3. The molecule has 1 aromatic carbocycles. The Morgan fingerprint density at radius 2 is 1.90 bits per heavy atom. The van der Waals surface area contributed by atoms with Crippen molar-refractivity contribution in [1.29, 1.82) is 0 Å². The van der Waals surface area contributed by atoms with E-state index in [-0.39, 0.29) is 0 Å². The van der Waals surface area contributed by atoms with Gasteiger partial charge in [0.25, 0.3) is 0 Å². The summed E-state index contributed by atoms with van der Waals surface area (Å²) in [7, 11) is 1.90. The highest BCUT2D eigenvalue weighted by molar-refractivity contribution is 6.29. The third kappa shape index (κ3) is 4.84. The molecule has 21 heavy (non-hydrogen) atoms. The van der Waals surface area contributed by atoms with Crippen LogP contribution < -0.4 is 0 Å². The number of hydrogen-bond donors (Lipinski definition) is 1. The molecule has 2 rings (SSSR count). The fraction of sp³-hybridized carbons (Fsp3) is 0.438. The van der Waals surface area contributed by atoms with E-state index in [1.807, 2.05) is 43.7 Å². The van der Waals surface area contributed by atoms with Gasteiger partial charge in [0, 0.05) is 20.1 Å². The van der Waals surface area contributed by atoms with E-state index in [0.29, 0.717) is 18.2 Å². The van der Waals surface area contributed by atoms with Gasteiger partial charge >= 0.3 is 0 Å². The fourth-order valence-electron chi connectivity index (χ4n) is 2.33. The molecule has 0 saturated carbocycles. The summed E-state index contributed by atoms with van der Waals surface area (Å²) in [5, 5.41) is 10.7. The normalized spacial score (nSPS) is 12.1. The first-order chi connectivity index (χ1) is 9.85.